The number of aromatic nitrogens is 2. The second-order valence-electron chi connectivity index (χ2n) is 6.23. The number of fused-ring (bicyclic) bond motifs is 2. The minimum absolute atomic E-state index is 0.0387. The van der Waals surface area contributed by atoms with Crippen molar-refractivity contribution in [3.63, 3.8) is 0 Å². The highest BCUT2D eigenvalue weighted by Crippen LogP contribution is 2.39. The van der Waals surface area contributed by atoms with Gasteiger partial charge in [0.2, 0.25) is 5.91 Å². The quantitative estimate of drug-likeness (QED) is 0.395. The Hall–Kier alpha value is -3.52. The fourth-order valence-corrected chi connectivity index (χ4v) is 3.47. The van der Waals surface area contributed by atoms with Gasteiger partial charge in [0.05, 0.1) is 16.1 Å². The molecule has 1 aromatic heterocycles. The lowest BCUT2D eigenvalue weighted by Crippen LogP contribution is -2.09. The van der Waals surface area contributed by atoms with Crippen molar-refractivity contribution in [1.29, 1.82) is 0 Å². The van der Waals surface area contributed by atoms with Crippen LogP contribution >= 0.6 is 11.6 Å². The number of nitro benzene ring substituents is 1. The third-order valence-electron chi connectivity index (χ3n) is 4.60. The number of benzene rings is 2. The Morgan fingerprint density at radius 1 is 1.29 bits per heavy atom. The van der Waals surface area contributed by atoms with E-state index in [9.17, 15) is 14.9 Å². The Kier molecular flexibility index (Phi) is 4.62. The molecule has 0 saturated heterocycles. The molecule has 1 aliphatic heterocycles. The topological polar surface area (TPSA) is 110 Å². The van der Waals surface area contributed by atoms with Gasteiger partial charge in [0.25, 0.3) is 5.69 Å². The first kappa shape index (κ1) is 17.9. The summed E-state index contributed by atoms with van der Waals surface area (Å²) in [6, 6.07) is 10.1. The molecule has 28 heavy (non-hydrogen) atoms. The highest BCUT2D eigenvalue weighted by molar-refractivity contribution is 6.27. The molecule has 2 N–H and O–H groups in total. The molecule has 0 radical (unpaired) electrons. The molecule has 3 aromatic rings. The number of nitrogens with zero attached hydrogens (tertiary/aromatic N) is 3. The van der Waals surface area contributed by atoms with Gasteiger partial charge in [0.1, 0.15) is 6.33 Å². The number of halogens is 1. The Morgan fingerprint density at radius 2 is 2.14 bits per heavy atom. The number of hydrogen-bond donors (Lipinski definition) is 2. The zero-order chi connectivity index (χ0) is 19.7. The molecule has 140 valence electrons. The summed E-state index contributed by atoms with van der Waals surface area (Å²) >= 11 is 5.44. The summed E-state index contributed by atoms with van der Waals surface area (Å²) in [5, 5.41) is 17.8. The van der Waals surface area contributed by atoms with Crippen LogP contribution in [-0.2, 0) is 4.79 Å². The molecule has 1 atom stereocenters. The second kappa shape index (κ2) is 7.24. The van der Waals surface area contributed by atoms with E-state index in [4.69, 9.17) is 11.6 Å². The van der Waals surface area contributed by atoms with Gasteiger partial charge in [0.15, 0.2) is 0 Å². The van der Waals surface area contributed by atoms with Crippen molar-refractivity contribution >= 4 is 45.5 Å². The van der Waals surface area contributed by atoms with Crippen molar-refractivity contribution in [3.8, 4) is 0 Å². The molecular weight excluding hydrogens is 382 g/mol. The van der Waals surface area contributed by atoms with Crippen molar-refractivity contribution in [1.82, 2.24) is 9.97 Å². The highest BCUT2D eigenvalue weighted by Gasteiger charge is 2.28. The first-order valence-electron chi connectivity index (χ1n) is 8.41. The summed E-state index contributed by atoms with van der Waals surface area (Å²) in [4.78, 5) is 31.1. The standard InChI is InChI=1S/C19H14ClN5O3/c20-6-5-18(26)24-11-1-4-16-14(7-11)19(23-10-22-16)15-9-21-17-8-12(25(27)28)2-3-13(15)17/h1-8,10,15,21H,9H2,(H,24,26). The second-order valence-corrected chi connectivity index (χ2v) is 6.49. The van der Waals surface area contributed by atoms with Gasteiger partial charge in [0, 0.05) is 53.0 Å². The van der Waals surface area contributed by atoms with Crippen LogP contribution in [0.1, 0.15) is 17.2 Å². The maximum Gasteiger partial charge on any atom is 0.271 e. The zero-order valence-corrected chi connectivity index (χ0v) is 15.2. The van der Waals surface area contributed by atoms with Crippen molar-refractivity contribution in [2.24, 2.45) is 0 Å². The first-order chi connectivity index (χ1) is 13.6. The van der Waals surface area contributed by atoms with Crippen molar-refractivity contribution in [2.45, 2.75) is 5.92 Å². The minimum atomic E-state index is -0.417. The van der Waals surface area contributed by atoms with Crippen molar-refractivity contribution in [3.05, 3.63) is 75.7 Å². The average molecular weight is 396 g/mol. The average Bonchev–Trinajstić information content (AvgIpc) is 3.10. The van der Waals surface area contributed by atoms with Crippen LogP contribution < -0.4 is 10.6 Å². The Labute approximate surface area is 164 Å². The predicted octanol–water partition coefficient (Wildman–Crippen LogP) is 3.79. The highest BCUT2D eigenvalue weighted by atomic mass is 35.5. The minimum Gasteiger partial charge on any atom is -0.384 e. The van der Waals surface area contributed by atoms with E-state index in [0.717, 1.165) is 33.4 Å². The van der Waals surface area contributed by atoms with Gasteiger partial charge in [-0.3, -0.25) is 14.9 Å². The monoisotopic (exact) mass is 395 g/mol. The number of hydrogen-bond acceptors (Lipinski definition) is 6. The van der Waals surface area contributed by atoms with Crippen LogP contribution in [0.25, 0.3) is 10.9 Å². The fourth-order valence-electron chi connectivity index (χ4n) is 3.35. The van der Waals surface area contributed by atoms with E-state index in [0.29, 0.717) is 12.2 Å². The molecule has 8 nitrogen and oxygen atoms in total. The van der Waals surface area contributed by atoms with Crippen LogP contribution in [0.5, 0.6) is 0 Å². The summed E-state index contributed by atoms with van der Waals surface area (Å²) in [5.41, 5.74) is 4.97. The maximum atomic E-state index is 11.8. The van der Waals surface area contributed by atoms with Gasteiger partial charge in [-0.2, -0.15) is 0 Å². The molecule has 9 heteroatoms. The van der Waals surface area contributed by atoms with Gasteiger partial charge in [-0.15, -0.1) is 0 Å². The number of anilines is 2. The lowest BCUT2D eigenvalue weighted by Gasteiger charge is -2.13. The Morgan fingerprint density at radius 3 is 2.93 bits per heavy atom. The van der Waals surface area contributed by atoms with Gasteiger partial charge in [-0.25, -0.2) is 9.97 Å². The van der Waals surface area contributed by atoms with Crippen LogP contribution in [0, 0.1) is 10.1 Å². The maximum absolute atomic E-state index is 11.8. The lowest BCUT2D eigenvalue weighted by atomic mass is 9.94. The van der Waals surface area contributed by atoms with E-state index in [1.165, 1.54) is 24.5 Å². The normalized spacial score (nSPS) is 15.4. The van der Waals surface area contributed by atoms with Crippen molar-refractivity contribution in [2.75, 3.05) is 17.2 Å². The molecule has 2 aromatic carbocycles. The van der Waals surface area contributed by atoms with Crippen molar-refractivity contribution < 1.29 is 9.72 Å². The van der Waals surface area contributed by atoms with E-state index < -0.39 is 4.92 Å². The number of nitro groups is 1. The molecule has 1 aliphatic rings. The molecule has 0 spiro atoms. The predicted molar refractivity (Wildman–Crippen MR) is 107 cm³/mol. The van der Waals surface area contributed by atoms with Crippen LogP contribution in [0.3, 0.4) is 0 Å². The molecule has 0 bridgehead atoms. The molecule has 4 rings (SSSR count). The molecule has 1 unspecified atom stereocenters. The zero-order valence-electron chi connectivity index (χ0n) is 14.4. The first-order valence-corrected chi connectivity index (χ1v) is 8.85. The molecule has 0 saturated carbocycles. The molecule has 0 fully saturated rings. The SMILES string of the molecule is O=C(C=CCl)Nc1ccc2ncnc(C3CNc4cc([N+](=O)[O-])ccc43)c2c1. The number of carbonyl (C=O) groups excluding carboxylic acids is 1. The van der Waals surface area contributed by atoms with E-state index in [2.05, 4.69) is 20.6 Å². The number of non-ortho nitro benzene ring substituents is 1. The number of rotatable bonds is 4. The smallest absolute Gasteiger partial charge is 0.271 e. The molecule has 2 heterocycles. The fraction of sp³-hybridized carbons (Fsp3) is 0.105. The van der Waals surface area contributed by atoms with E-state index >= 15 is 0 Å². The molecule has 0 aliphatic carbocycles. The summed E-state index contributed by atoms with van der Waals surface area (Å²) in [7, 11) is 0. The molecule has 1 amide bonds. The summed E-state index contributed by atoms with van der Waals surface area (Å²) in [5.74, 6) is -0.428. The Bertz CT molecular complexity index is 1130. The largest absolute Gasteiger partial charge is 0.384 e. The van der Waals surface area contributed by atoms with Gasteiger partial charge < -0.3 is 10.6 Å². The van der Waals surface area contributed by atoms with E-state index in [1.807, 2.05) is 6.07 Å². The Balaban J connectivity index is 1.76. The summed E-state index contributed by atoms with van der Waals surface area (Å²) in [6.45, 7) is 0.564. The van der Waals surface area contributed by atoms with Gasteiger partial charge >= 0.3 is 0 Å². The van der Waals surface area contributed by atoms with E-state index in [-0.39, 0.29) is 17.5 Å². The van der Waals surface area contributed by atoms with Gasteiger partial charge in [-0.1, -0.05) is 11.6 Å². The summed E-state index contributed by atoms with van der Waals surface area (Å²) < 4.78 is 0. The number of amides is 1. The third kappa shape index (κ3) is 3.25. The van der Waals surface area contributed by atoms with Crippen LogP contribution in [0.2, 0.25) is 0 Å². The number of carbonyl (C=O) groups is 1. The van der Waals surface area contributed by atoms with E-state index in [1.54, 1.807) is 18.2 Å². The van der Waals surface area contributed by atoms with Crippen LogP contribution in [-0.4, -0.2) is 27.3 Å². The van der Waals surface area contributed by atoms with Gasteiger partial charge in [-0.05, 0) is 29.8 Å². The van der Waals surface area contributed by atoms with Crippen LogP contribution in [0.4, 0.5) is 17.1 Å². The lowest BCUT2D eigenvalue weighted by molar-refractivity contribution is -0.384. The van der Waals surface area contributed by atoms with Crippen LogP contribution in [0.15, 0.2) is 54.3 Å². The number of nitrogens with one attached hydrogen (secondary N) is 2. The molecular formula is C19H14ClN5O3. The third-order valence-corrected chi connectivity index (χ3v) is 4.72. The summed E-state index contributed by atoms with van der Waals surface area (Å²) in [6.07, 6.45) is 2.72.